The summed E-state index contributed by atoms with van der Waals surface area (Å²) in [5.41, 5.74) is 1.05. The van der Waals surface area contributed by atoms with E-state index in [2.05, 4.69) is 5.32 Å². The van der Waals surface area contributed by atoms with Gasteiger partial charge in [-0.25, -0.2) is 0 Å². The summed E-state index contributed by atoms with van der Waals surface area (Å²) in [5.74, 6) is 2.30. The zero-order chi connectivity index (χ0) is 18.1. The van der Waals surface area contributed by atoms with E-state index < -0.39 is 0 Å². The van der Waals surface area contributed by atoms with E-state index >= 15 is 0 Å². The van der Waals surface area contributed by atoms with Gasteiger partial charge in [0.25, 0.3) is 0 Å². The first-order chi connectivity index (χ1) is 12.6. The molecule has 2 atom stereocenters. The average molecular weight is 394 g/mol. The minimum Gasteiger partial charge on any atom is -0.492 e. The van der Waals surface area contributed by atoms with Gasteiger partial charge in [0.15, 0.2) is 11.5 Å². The molecule has 4 rings (SSSR count). The van der Waals surface area contributed by atoms with Crippen LogP contribution in [0.1, 0.15) is 17.9 Å². The number of rotatable bonds is 6. The third kappa shape index (κ3) is 3.69. The van der Waals surface area contributed by atoms with Crippen LogP contribution < -0.4 is 19.5 Å². The molecule has 1 heterocycles. The normalized spacial score (nSPS) is 19.9. The number of carbonyl (C=O) groups excluding carboxylic acids is 1. The summed E-state index contributed by atoms with van der Waals surface area (Å²) in [6.45, 7) is 1.06. The summed E-state index contributed by atoms with van der Waals surface area (Å²) in [6, 6.07) is 10.9. The van der Waals surface area contributed by atoms with E-state index in [4.69, 9.17) is 37.4 Å². The molecule has 1 saturated carbocycles. The molecule has 2 unspecified atom stereocenters. The molecule has 2 aliphatic rings. The molecule has 1 aliphatic heterocycles. The quantitative estimate of drug-likeness (QED) is 0.752. The molecule has 2 aromatic carbocycles. The van der Waals surface area contributed by atoms with Crippen molar-refractivity contribution in [3.05, 3.63) is 52.0 Å². The molecule has 1 fully saturated rings. The highest BCUT2D eigenvalue weighted by Gasteiger charge is 2.43. The second kappa shape index (κ2) is 7.25. The van der Waals surface area contributed by atoms with E-state index in [-0.39, 0.29) is 24.5 Å². The number of hydrogen-bond donors (Lipinski definition) is 1. The zero-order valence-electron chi connectivity index (χ0n) is 13.8. The van der Waals surface area contributed by atoms with Gasteiger partial charge in [0, 0.05) is 12.0 Å². The van der Waals surface area contributed by atoms with Gasteiger partial charge in [0.05, 0.1) is 16.6 Å². The van der Waals surface area contributed by atoms with Crippen molar-refractivity contribution in [2.75, 3.05) is 19.9 Å². The maximum atomic E-state index is 12.2. The lowest BCUT2D eigenvalue weighted by molar-refractivity contribution is -0.122. The number of hydrogen-bond acceptors (Lipinski definition) is 4. The van der Waals surface area contributed by atoms with Gasteiger partial charge in [-0.2, -0.15) is 0 Å². The molecule has 1 aliphatic carbocycles. The van der Waals surface area contributed by atoms with Crippen molar-refractivity contribution < 1.29 is 19.0 Å². The molecule has 0 aromatic heterocycles. The van der Waals surface area contributed by atoms with Crippen molar-refractivity contribution in [3.63, 3.8) is 0 Å². The molecule has 1 N–H and O–H groups in total. The first kappa shape index (κ1) is 17.3. The Labute approximate surface area is 161 Å². The SMILES string of the molecule is O=C(NCCOc1ccc2c(c1)OCO2)C1CC1c1ccc(Cl)c(Cl)c1. The van der Waals surface area contributed by atoms with Crippen molar-refractivity contribution >= 4 is 29.1 Å². The van der Waals surface area contributed by atoms with Crippen LogP contribution in [0.4, 0.5) is 0 Å². The van der Waals surface area contributed by atoms with Crippen LogP contribution in [0.3, 0.4) is 0 Å². The van der Waals surface area contributed by atoms with Crippen LogP contribution in [0.2, 0.25) is 10.0 Å². The molecule has 0 saturated heterocycles. The lowest BCUT2D eigenvalue weighted by Crippen LogP contribution is -2.29. The highest BCUT2D eigenvalue weighted by molar-refractivity contribution is 6.42. The molecular weight excluding hydrogens is 377 g/mol. The first-order valence-electron chi connectivity index (χ1n) is 8.37. The largest absolute Gasteiger partial charge is 0.492 e. The van der Waals surface area contributed by atoms with Gasteiger partial charge in [0.1, 0.15) is 12.4 Å². The Bertz CT molecular complexity index is 842. The number of halogens is 2. The van der Waals surface area contributed by atoms with Gasteiger partial charge in [0.2, 0.25) is 12.7 Å². The van der Waals surface area contributed by atoms with Crippen LogP contribution in [-0.2, 0) is 4.79 Å². The predicted molar refractivity (Wildman–Crippen MR) is 98.4 cm³/mol. The van der Waals surface area contributed by atoms with E-state index in [0.717, 1.165) is 12.0 Å². The smallest absolute Gasteiger partial charge is 0.231 e. The number of fused-ring (bicyclic) bond motifs is 1. The van der Waals surface area contributed by atoms with E-state index in [1.54, 1.807) is 12.1 Å². The maximum Gasteiger partial charge on any atom is 0.231 e. The van der Waals surface area contributed by atoms with Crippen LogP contribution in [0.25, 0.3) is 0 Å². The van der Waals surface area contributed by atoms with Crippen LogP contribution >= 0.6 is 23.2 Å². The Morgan fingerprint density at radius 1 is 1.12 bits per heavy atom. The monoisotopic (exact) mass is 393 g/mol. The number of benzene rings is 2. The summed E-state index contributed by atoms with van der Waals surface area (Å²) < 4.78 is 16.2. The summed E-state index contributed by atoms with van der Waals surface area (Å²) in [4.78, 5) is 12.2. The second-order valence-corrected chi connectivity index (χ2v) is 7.09. The first-order valence-corrected chi connectivity index (χ1v) is 9.12. The van der Waals surface area contributed by atoms with Gasteiger partial charge < -0.3 is 19.5 Å². The highest BCUT2D eigenvalue weighted by atomic mass is 35.5. The molecule has 1 amide bonds. The average Bonchev–Trinajstić information content (AvgIpc) is 3.31. The third-order valence-electron chi connectivity index (χ3n) is 4.51. The summed E-state index contributed by atoms with van der Waals surface area (Å²) in [7, 11) is 0. The molecule has 0 bridgehead atoms. The van der Waals surface area contributed by atoms with Crippen molar-refractivity contribution in [1.29, 1.82) is 0 Å². The Balaban J connectivity index is 1.22. The summed E-state index contributed by atoms with van der Waals surface area (Å²) in [6.07, 6.45) is 0.826. The van der Waals surface area contributed by atoms with E-state index in [0.29, 0.717) is 40.4 Å². The molecule has 7 heteroatoms. The molecule has 136 valence electrons. The molecule has 2 aromatic rings. The van der Waals surface area contributed by atoms with Gasteiger partial charge in [-0.1, -0.05) is 29.3 Å². The molecule has 26 heavy (non-hydrogen) atoms. The van der Waals surface area contributed by atoms with Crippen molar-refractivity contribution in [1.82, 2.24) is 5.32 Å². The van der Waals surface area contributed by atoms with Gasteiger partial charge in [-0.15, -0.1) is 0 Å². The van der Waals surface area contributed by atoms with Gasteiger partial charge in [-0.3, -0.25) is 4.79 Å². The minimum atomic E-state index is -0.0159. The number of carbonyl (C=O) groups is 1. The third-order valence-corrected chi connectivity index (χ3v) is 5.25. The lowest BCUT2D eigenvalue weighted by atomic mass is 10.1. The fourth-order valence-electron chi connectivity index (χ4n) is 3.04. The highest BCUT2D eigenvalue weighted by Crippen LogP contribution is 2.48. The molecule has 0 spiro atoms. The predicted octanol–water partition coefficient (Wildman–Crippen LogP) is 4.02. The number of ether oxygens (including phenoxy) is 3. The lowest BCUT2D eigenvalue weighted by Gasteiger charge is -2.08. The van der Waals surface area contributed by atoms with Crippen molar-refractivity contribution in [2.24, 2.45) is 5.92 Å². The van der Waals surface area contributed by atoms with E-state index in [9.17, 15) is 4.79 Å². The van der Waals surface area contributed by atoms with Crippen LogP contribution in [0.5, 0.6) is 17.2 Å². The fraction of sp³-hybridized carbons (Fsp3) is 0.316. The van der Waals surface area contributed by atoms with Crippen LogP contribution in [-0.4, -0.2) is 25.9 Å². The number of amides is 1. The Kier molecular flexibility index (Phi) is 4.83. The van der Waals surface area contributed by atoms with Gasteiger partial charge in [-0.05, 0) is 42.2 Å². The Morgan fingerprint density at radius 2 is 1.96 bits per heavy atom. The van der Waals surface area contributed by atoms with Crippen molar-refractivity contribution in [2.45, 2.75) is 12.3 Å². The fourth-order valence-corrected chi connectivity index (χ4v) is 3.34. The molecule has 5 nitrogen and oxygen atoms in total. The standard InChI is InChI=1S/C19H17Cl2NO4/c20-15-3-1-11(7-16(15)21)13-9-14(13)19(23)22-5-6-24-12-2-4-17-18(8-12)26-10-25-17/h1-4,7-8,13-14H,5-6,9-10H2,(H,22,23). The van der Waals surface area contributed by atoms with Gasteiger partial charge >= 0.3 is 0 Å². The van der Waals surface area contributed by atoms with E-state index in [1.165, 1.54) is 0 Å². The number of nitrogens with one attached hydrogen (secondary N) is 1. The second-order valence-electron chi connectivity index (χ2n) is 6.28. The Hall–Kier alpha value is -2.11. The molecule has 0 radical (unpaired) electrons. The van der Waals surface area contributed by atoms with Crippen LogP contribution in [0, 0.1) is 5.92 Å². The topological polar surface area (TPSA) is 56.8 Å². The van der Waals surface area contributed by atoms with Crippen LogP contribution in [0.15, 0.2) is 36.4 Å². The maximum absolute atomic E-state index is 12.2. The Morgan fingerprint density at radius 3 is 2.81 bits per heavy atom. The zero-order valence-corrected chi connectivity index (χ0v) is 15.3. The minimum absolute atomic E-state index is 0.0159. The van der Waals surface area contributed by atoms with E-state index in [1.807, 2.05) is 24.3 Å². The summed E-state index contributed by atoms with van der Waals surface area (Å²) >= 11 is 12.0. The molecular formula is C19H17Cl2NO4. The summed E-state index contributed by atoms with van der Waals surface area (Å²) in [5, 5.41) is 3.96. The van der Waals surface area contributed by atoms with Crippen molar-refractivity contribution in [3.8, 4) is 17.2 Å².